The maximum absolute atomic E-state index is 13.1. The highest BCUT2D eigenvalue weighted by molar-refractivity contribution is 6.06. The van der Waals surface area contributed by atoms with Gasteiger partial charge >= 0.3 is 0 Å². The SMILES string of the molecule is O=C(c1c(-c2ccc(O)c(O)c2)oc2ccccc2c1=O)[C@H](O)[C@@H](O)[C@H](O)[C@H](O)CO. The van der Waals surface area contributed by atoms with Crippen LogP contribution in [-0.4, -0.2) is 72.6 Å². The van der Waals surface area contributed by atoms with Gasteiger partial charge in [-0.3, -0.25) is 9.59 Å². The zero-order chi connectivity index (χ0) is 22.9. The van der Waals surface area contributed by atoms with Gasteiger partial charge in [-0.15, -0.1) is 0 Å². The lowest BCUT2D eigenvalue weighted by Crippen LogP contribution is -2.49. The van der Waals surface area contributed by atoms with Gasteiger partial charge in [0, 0.05) is 5.56 Å². The Kier molecular flexibility index (Phi) is 6.39. The average molecular weight is 432 g/mol. The molecule has 10 nitrogen and oxygen atoms in total. The van der Waals surface area contributed by atoms with Crippen molar-refractivity contribution >= 4 is 16.8 Å². The molecule has 0 bridgehead atoms. The highest BCUT2D eigenvalue weighted by atomic mass is 16.4. The molecule has 0 unspecified atom stereocenters. The number of benzene rings is 2. The molecule has 0 radical (unpaired) electrons. The van der Waals surface area contributed by atoms with Crippen LogP contribution in [0.15, 0.2) is 51.7 Å². The molecule has 3 rings (SSSR count). The van der Waals surface area contributed by atoms with Gasteiger partial charge in [-0.2, -0.15) is 0 Å². The summed E-state index contributed by atoms with van der Waals surface area (Å²) in [7, 11) is 0. The molecule has 1 heterocycles. The topological polar surface area (TPSA) is 189 Å². The maximum atomic E-state index is 13.1. The first kappa shape index (κ1) is 22.4. The predicted molar refractivity (Wildman–Crippen MR) is 107 cm³/mol. The van der Waals surface area contributed by atoms with Crippen molar-refractivity contribution in [1.29, 1.82) is 0 Å². The summed E-state index contributed by atoms with van der Waals surface area (Å²) in [5, 5.41) is 67.9. The highest BCUT2D eigenvalue weighted by Gasteiger charge is 2.37. The second-order valence-electron chi connectivity index (χ2n) is 6.88. The number of aliphatic hydroxyl groups excluding tert-OH is 5. The number of ketones is 1. The van der Waals surface area contributed by atoms with Gasteiger partial charge in [-0.25, -0.2) is 0 Å². The molecular formula is C21H20O10. The van der Waals surface area contributed by atoms with E-state index in [1.54, 1.807) is 6.07 Å². The fourth-order valence-electron chi connectivity index (χ4n) is 3.06. The smallest absolute Gasteiger partial charge is 0.204 e. The minimum Gasteiger partial charge on any atom is -0.504 e. The summed E-state index contributed by atoms with van der Waals surface area (Å²) in [6, 6.07) is 9.33. The lowest BCUT2D eigenvalue weighted by Gasteiger charge is -2.25. The minimum atomic E-state index is -2.36. The molecule has 0 aliphatic heterocycles. The molecule has 7 N–H and O–H groups in total. The molecule has 1 aromatic heterocycles. The number of para-hydroxylation sites is 1. The van der Waals surface area contributed by atoms with Crippen molar-refractivity contribution in [3.05, 3.63) is 58.3 Å². The van der Waals surface area contributed by atoms with Crippen molar-refractivity contribution in [2.24, 2.45) is 0 Å². The fraction of sp³-hybridized carbons (Fsp3) is 0.238. The Morgan fingerprint density at radius 1 is 0.935 bits per heavy atom. The summed E-state index contributed by atoms with van der Waals surface area (Å²) in [5.74, 6) is -2.70. The van der Waals surface area contributed by atoms with E-state index in [4.69, 9.17) is 9.52 Å². The van der Waals surface area contributed by atoms with E-state index in [0.29, 0.717) is 0 Å². The quantitative estimate of drug-likeness (QED) is 0.189. The monoisotopic (exact) mass is 432 g/mol. The van der Waals surface area contributed by atoms with Crippen LogP contribution < -0.4 is 5.43 Å². The summed E-state index contributed by atoms with van der Waals surface area (Å²) < 4.78 is 5.68. The van der Waals surface area contributed by atoms with E-state index >= 15 is 0 Å². The van der Waals surface area contributed by atoms with Gasteiger partial charge in [0.05, 0.1) is 12.0 Å². The van der Waals surface area contributed by atoms with Crippen molar-refractivity contribution in [1.82, 2.24) is 0 Å². The first-order valence-corrected chi connectivity index (χ1v) is 9.13. The molecule has 4 atom stereocenters. The van der Waals surface area contributed by atoms with Gasteiger partial charge < -0.3 is 40.2 Å². The van der Waals surface area contributed by atoms with Gasteiger partial charge in [-0.05, 0) is 30.3 Å². The molecular weight excluding hydrogens is 412 g/mol. The molecule has 0 amide bonds. The third-order valence-electron chi connectivity index (χ3n) is 4.81. The van der Waals surface area contributed by atoms with E-state index in [0.717, 1.165) is 12.1 Å². The van der Waals surface area contributed by atoms with E-state index in [1.807, 2.05) is 0 Å². The molecule has 0 saturated heterocycles. The van der Waals surface area contributed by atoms with Crippen LogP contribution in [0.25, 0.3) is 22.3 Å². The van der Waals surface area contributed by atoms with E-state index in [1.165, 1.54) is 24.3 Å². The zero-order valence-corrected chi connectivity index (χ0v) is 15.9. The van der Waals surface area contributed by atoms with Gasteiger partial charge in [0.15, 0.2) is 11.5 Å². The number of Topliss-reactive ketones (excluding diaryl/α,β-unsaturated/α-hetero) is 1. The Hall–Kier alpha value is -3.28. The molecule has 0 spiro atoms. The van der Waals surface area contributed by atoms with E-state index < -0.39 is 59.3 Å². The third kappa shape index (κ3) is 4.15. The summed E-state index contributed by atoms with van der Waals surface area (Å²) in [4.78, 5) is 26.0. The summed E-state index contributed by atoms with van der Waals surface area (Å²) in [5.41, 5.74) is -1.42. The number of aromatic hydroxyl groups is 2. The van der Waals surface area contributed by atoms with Crippen LogP contribution in [0.1, 0.15) is 10.4 Å². The Labute approximate surface area is 174 Å². The largest absolute Gasteiger partial charge is 0.504 e. The molecule has 164 valence electrons. The molecule has 31 heavy (non-hydrogen) atoms. The van der Waals surface area contributed by atoms with Crippen LogP contribution >= 0.6 is 0 Å². The second-order valence-corrected chi connectivity index (χ2v) is 6.88. The normalized spacial score (nSPS) is 15.4. The number of phenols is 2. The second kappa shape index (κ2) is 8.84. The van der Waals surface area contributed by atoms with Crippen molar-refractivity contribution in [2.45, 2.75) is 24.4 Å². The van der Waals surface area contributed by atoms with E-state index in [-0.39, 0.29) is 22.3 Å². The molecule has 0 saturated carbocycles. The van der Waals surface area contributed by atoms with Gasteiger partial charge in [0.1, 0.15) is 41.3 Å². The minimum absolute atomic E-state index is 0.00442. The van der Waals surface area contributed by atoms with Gasteiger partial charge in [-0.1, -0.05) is 12.1 Å². The third-order valence-corrected chi connectivity index (χ3v) is 4.81. The highest BCUT2D eigenvalue weighted by Crippen LogP contribution is 2.33. The van der Waals surface area contributed by atoms with Gasteiger partial charge in [0.25, 0.3) is 0 Å². The van der Waals surface area contributed by atoms with Crippen LogP contribution in [0.5, 0.6) is 11.5 Å². The first-order valence-electron chi connectivity index (χ1n) is 9.13. The van der Waals surface area contributed by atoms with Crippen LogP contribution in [0.4, 0.5) is 0 Å². The maximum Gasteiger partial charge on any atom is 0.204 e. The van der Waals surface area contributed by atoms with Gasteiger partial charge in [0.2, 0.25) is 11.2 Å². The van der Waals surface area contributed by atoms with Crippen LogP contribution in [0.2, 0.25) is 0 Å². The van der Waals surface area contributed by atoms with Crippen LogP contribution in [0, 0.1) is 0 Å². The number of rotatable bonds is 7. The Bertz CT molecular complexity index is 1170. The Balaban J connectivity index is 2.20. The fourth-order valence-corrected chi connectivity index (χ4v) is 3.06. The number of hydrogen-bond donors (Lipinski definition) is 7. The Morgan fingerprint density at radius 3 is 2.26 bits per heavy atom. The zero-order valence-electron chi connectivity index (χ0n) is 15.9. The number of phenolic OH excluding ortho intramolecular Hbond substituents is 2. The first-order chi connectivity index (χ1) is 14.7. The Morgan fingerprint density at radius 2 is 1.61 bits per heavy atom. The van der Waals surface area contributed by atoms with Crippen LogP contribution in [0.3, 0.4) is 0 Å². The summed E-state index contributed by atoms with van der Waals surface area (Å²) >= 11 is 0. The lowest BCUT2D eigenvalue weighted by molar-refractivity contribution is -0.105. The lowest BCUT2D eigenvalue weighted by atomic mass is 9.93. The molecule has 0 aliphatic carbocycles. The predicted octanol–water partition coefficient (Wildman–Crippen LogP) is -0.510. The van der Waals surface area contributed by atoms with E-state index in [9.17, 15) is 40.2 Å². The molecule has 3 aromatic rings. The molecule has 10 heteroatoms. The van der Waals surface area contributed by atoms with Crippen LogP contribution in [-0.2, 0) is 0 Å². The number of fused-ring (bicyclic) bond motifs is 1. The van der Waals surface area contributed by atoms with Crippen molar-refractivity contribution in [2.75, 3.05) is 6.61 Å². The average Bonchev–Trinajstić information content (AvgIpc) is 2.78. The number of hydrogen-bond acceptors (Lipinski definition) is 10. The van der Waals surface area contributed by atoms with E-state index in [2.05, 4.69) is 0 Å². The number of aliphatic hydroxyl groups is 5. The van der Waals surface area contributed by atoms with Crippen molar-refractivity contribution in [3.63, 3.8) is 0 Å². The summed E-state index contributed by atoms with van der Waals surface area (Å²) in [6.07, 6.45) is -8.53. The number of carbonyl (C=O) groups excluding carboxylic acids is 1. The number of carbonyl (C=O) groups is 1. The van der Waals surface area contributed by atoms with Crippen molar-refractivity contribution in [3.8, 4) is 22.8 Å². The molecule has 0 aliphatic rings. The molecule has 2 aromatic carbocycles. The molecule has 0 fully saturated rings. The van der Waals surface area contributed by atoms with Crippen molar-refractivity contribution < 1.29 is 45.0 Å². The standard InChI is InChI=1S/C21H20O10/c22-8-13(25)17(27)19(29)20(30)18(28)15-16(26)10-3-1-2-4-14(10)31-21(15)9-5-6-11(23)12(24)7-9/h1-7,13,17,19-20,22-25,27,29-30H,8H2/t13-,17-,19+,20+/m1/s1. The summed E-state index contributed by atoms with van der Waals surface area (Å²) in [6.45, 7) is -0.949.